The summed E-state index contributed by atoms with van der Waals surface area (Å²) in [6.45, 7) is 7.03. The first-order chi connectivity index (χ1) is 12.2. The third-order valence-electron chi connectivity index (χ3n) is 7.51. The second-order valence-corrected chi connectivity index (χ2v) is 8.99. The highest BCUT2D eigenvalue weighted by molar-refractivity contribution is 5.17. The van der Waals surface area contributed by atoms with E-state index >= 15 is 0 Å². The Bertz CT molecular complexity index is 489. The molecule has 1 heterocycles. The third-order valence-corrected chi connectivity index (χ3v) is 7.51. The van der Waals surface area contributed by atoms with Gasteiger partial charge >= 0.3 is 0 Å². The fourth-order valence-corrected chi connectivity index (χ4v) is 5.57. The molecular formula is C24H39N. The van der Waals surface area contributed by atoms with E-state index in [9.17, 15) is 0 Å². The molecule has 1 nitrogen and oxygen atoms in total. The van der Waals surface area contributed by atoms with Crippen molar-refractivity contribution >= 4 is 0 Å². The predicted octanol–water partition coefficient (Wildman–Crippen LogP) is 7.16. The SMILES string of the molecule is CCCc1ccc(C(C)C2CCC([C@H]3CC[C@H](CC)CC3)CC2)nc1. The zero-order valence-electron chi connectivity index (χ0n) is 16.8. The summed E-state index contributed by atoms with van der Waals surface area (Å²) in [6, 6.07) is 4.61. The molecular weight excluding hydrogens is 302 g/mol. The molecule has 25 heavy (non-hydrogen) atoms. The molecule has 140 valence electrons. The standard InChI is InChI=1S/C24H39N/c1-4-6-20-9-16-24(25-17-20)18(3)21-12-14-23(15-13-21)22-10-7-19(5-2)8-11-22/h9,16-19,21-23H,4-8,10-15H2,1-3H3/t18?,19-,21?,22-,23?. The number of pyridine rings is 1. The Labute approximate surface area is 156 Å². The van der Waals surface area contributed by atoms with Crippen LogP contribution in [0.3, 0.4) is 0 Å². The lowest BCUT2D eigenvalue weighted by atomic mass is 9.67. The van der Waals surface area contributed by atoms with Gasteiger partial charge in [-0.15, -0.1) is 0 Å². The van der Waals surface area contributed by atoms with E-state index in [1.807, 2.05) is 0 Å². The van der Waals surface area contributed by atoms with Gasteiger partial charge in [0, 0.05) is 17.8 Å². The van der Waals surface area contributed by atoms with Gasteiger partial charge in [-0.3, -0.25) is 4.98 Å². The molecule has 1 aromatic heterocycles. The number of nitrogens with zero attached hydrogens (tertiary/aromatic N) is 1. The molecule has 2 aliphatic carbocycles. The Kier molecular flexibility index (Phi) is 6.96. The first-order valence-electron chi connectivity index (χ1n) is 11.2. The van der Waals surface area contributed by atoms with Gasteiger partial charge in [0.1, 0.15) is 0 Å². The molecule has 0 saturated heterocycles. The Morgan fingerprint density at radius 3 is 2.08 bits per heavy atom. The summed E-state index contributed by atoms with van der Waals surface area (Å²) in [5.41, 5.74) is 2.72. The molecule has 0 N–H and O–H groups in total. The van der Waals surface area contributed by atoms with Crippen molar-refractivity contribution < 1.29 is 0 Å². The van der Waals surface area contributed by atoms with Crippen LogP contribution in [0.15, 0.2) is 18.3 Å². The Balaban J connectivity index is 1.48. The van der Waals surface area contributed by atoms with Gasteiger partial charge in [-0.05, 0) is 80.2 Å². The lowest BCUT2D eigenvalue weighted by molar-refractivity contribution is 0.138. The van der Waals surface area contributed by atoms with E-state index < -0.39 is 0 Å². The summed E-state index contributed by atoms with van der Waals surface area (Å²) >= 11 is 0. The monoisotopic (exact) mass is 341 g/mol. The zero-order chi connectivity index (χ0) is 17.6. The van der Waals surface area contributed by atoms with Gasteiger partial charge in [-0.2, -0.15) is 0 Å². The normalized spacial score (nSPS) is 31.6. The van der Waals surface area contributed by atoms with E-state index in [4.69, 9.17) is 4.98 Å². The van der Waals surface area contributed by atoms with Crippen LogP contribution >= 0.6 is 0 Å². The Morgan fingerprint density at radius 2 is 1.56 bits per heavy atom. The first kappa shape index (κ1) is 18.9. The summed E-state index contributed by atoms with van der Waals surface area (Å²) in [4.78, 5) is 4.80. The summed E-state index contributed by atoms with van der Waals surface area (Å²) < 4.78 is 0. The second kappa shape index (κ2) is 9.19. The maximum Gasteiger partial charge on any atom is 0.0434 e. The van der Waals surface area contributed by atoms with Gasteiger partial charge in [-0.1, -0.05) is 52.5 Å². The second-order valence-electron chi connectivity index (χ2n) is 8.99. The topological polar surface area (TPSA) is 12.9 Å². The quantitative estimate of drug-likeness (QED) is 0.535. The highest BCUT2D eigenvalue weighted by Crippen LogP contribution is 2.44. The number of hydrogen-bond donors (Lipinski definition) is 0. The minimum absolute atomic E-state index is 0.632. The van der Waals surface area contributed by atoms with Crippen molar-refractivity contribution in [2.75, 3.05) is 0 Å². The van der Waals surface area contributed by atoms with Crippen LogP contribution in [-0.2, 0) is 6.42 Å². The average molecular weight is 342 g/mol. The van der Waals surface area contributed by atoms with E-state index in [0.29, 0.717) is 5.92 Å². The molecule has 2 saturated carbocycles. The number of aromatic nitrogens is 1. The highest BCUT2D eigenvalue weighted by Gasteiger charge is 2.32. The van der Waals surface area contributed by atoms with Crippen LogP contribution in [-0.4, -0.2) is 4.98 Å². The molecule has 1 atom stereocenters. The van der Waals surface area contributed by atoms with Gasteiger partial charge in [0.2, 0.25) is 0 Å². The fourth-order valence-electron chi connectivity index (χ4n) is 5.57. The molecule has 0 bridgehead atoms. The molecule has 1 aromatic rings. The van der Waals surface area contributed by atoms with Gasteiger partial charge in [0.25, 0.3) is 0 Å². The summed E-state index contributed by atoms with van der Waals surface area (Å²) in [7, 11) is 0. The highest BCUT2D eigenvalue weighted by atomic mass is 14.7. The molecule has 0 spiro atoms. The van der Waals surface area contributed by atoms with E-state index in [1.165, 1.54) is 75.5 Å². The summed E-state index contributed by atoms with van der Waals surface area (Å²) in [5, 5.41) is 0. The lowest BCUT2D eigenvalue weighted by Crippen LogP contribution is -2.27. The number of aryl methyl sites for hydroxylation is 1. The molecule has 1 unspecified atom stereocenters. The van der Waals surface area contributed by atoms with Crippen molar-refractivity contribution in [1.82, 2.24) is 4.98 Å². The molecule has 2 aliphatic rings. The number of hydrogen-bond acceptors (Lipinski definition) is 1. The summed E-state index contributed by atoms with van der Waals surface area (Å²) in [5.74, 6) is 4.60. The van der Waals surface area contributed by atoms with E-state index in [0.717, 1.165) is 30.1 Å². The maximum absolute atomic E-state index is 4.80. The molecule has 0 amide bonds. The first-order valence-corrected chi connectivity index (χ1v) is 11.2. The molecule has 0 aliphatic heterocycles. The van der Waals surface area contributed by atoms with Crippen LogP contribution in [0.25, 0.3) is 0 Å². The molecule has 0 radical (unpaired) electrons. The molecule has 1 heteroatoms. The van der Waals surface area contributed by atoms with E-state index in [1.54, 1.807) is 0 Å². The van der Waals surface area contributed by atoms with Crippen molar-refractivity contribution in [1.29, 1.82) is 0 Å². The van der Waals surface area contributed by atoms with Gasteiger partial charge in [0.15, 0.2) is 0 Å². The lowest BCUT2D eigenvalue weighted by Gasteiger charge is -2.39. The van der Waals surface area contributed by atoms with Crippen LogP contribution in [0.4, 0.5) is 0 Å². The van der Waals surface area contributed by atoms with E-state index in [-0.39, 0.29) is 0 Å². The van der Waals surface area contributed by atoms with Crippen molar-refractivity contribution in [2.45, 2.75) is 97.3 Å². The van der Waals surface area contributed by atoms with Gasteiger partial charge in [0.05, 0.1) is 0 Å². The minimum atomic E-state index is 0.632. The smallest absolute Gasteiger partial charge is 0.0434 e. The Hall–Kier alpha value is -0.850. The Morgan fingerprint density at radius 1 is 0.920 bits per heavy atom. The van der Waals surface area contributed by atoms with Crippen LogP contribution in [0, 0.1) is 23.7 Å². The van der Waals surface area contributed by atoms with Crippen molar-refractivity contribution in [3.8, 4) is 0 Å². The van der Waals surface area contributed by atoms with Crippen LogP contribution in [0.5, 0.6) is 0 Å². The van der Waals surface area contributed by atoms with Gasteiger partial charge < -0.3 is 0 Å². The van der Waals surface area contributed by atoms with Crippen LogP contribution in [0.1, 0.15) is 102 Å². The van der Waals surface area contributed by atoms with Crippen molar-refractivity contribution in [3.05, 3.63) is 29.6 Å². The predicted molar refractivity (Wildman–Crippen MR) is 108 cm³/mol. The van der Waals surface area contributed by atoms with Crippen LogP contribution in [0.2, 0.25) is 0 Å². The average Bonchev–Trinajstić information content (AvgIpc) is 2.68. The zero-order valence-corrected chi connectivity index (χ0v) is 16.8. The van der Waals surface area contributed by atoms with Crippen molar-refractivity contribution in [3.63, 3.8) is 0 Å². The number of rotatable bonds is 6. The summed E-state index contributed by atoms with van der Waals surface area (Å²) in [6.07, 6.45) is 17.7. The van der Waals surface area contributed by atoms with E-state index in [2.05, 4.69) is 39.1 Å². The minimum Gasteiger partial charge on any atom is -0.261 e. The maximum atomic E-state index is 4.80. The van der Waals surface area contributed by atoms with Gasteiger partial charge in [-0.25, -0.2) is 0 Å². The molecule has 2 fully saturated rings. The van der Waals surface area contributed by atoms with Crippen molar-refractivity contribution in [2.24, 2.45) is 23.7 Å². The largest absolute Gasteiger partial charge is 0.261 e. The van der Waals surface area contributed by atoms with Crippen LogP contribution < -0.4 is 0 Å². The molecule has 3 rings (SSSR count). The molecule has 0 aromatic carbocycles. The third kappa shape index (κ3) is 4.86. The fraction of sp³-hybridized carbons (Fsp3) is 0.792.